The van der Waals surface area contributed by atoms with Crippen LogP contribution in [0, 0.1) is 6.92 Å². The lowest BCUT2D eigenvalue weighted by atomic mass is 10.2. The van der Waals surface area contributed by atoms with Crippen LogP contribution in [0.25, 0.3) is 0 Å². The number of aryl methyl sites for hydroxylation is 2. The van der Waals surface area contributed by atoms with Crippen LogP contribution in [0.15, 0.2) is 34.6 Å². The van der Waals surface area contributed by atoms with Crippen molar-refractivity contribution in [3.63, 3.8) is 0 Å². The van der Waals surface area contributed by atoms with Gasteiger partial charge in [0.15, 0.2) is 5.96 Å². The van der Waals surface area contributed by atoms with E-state index in [1.807, 2.05) is 12.3 Å². The van der Waals surface area contributed by atoms with Crippen molar-refractivity contribution in [2.45, 2.75) is 39.1 Å². The second-order valence-corrected chi connectivity index (χ2v) is 6.60. The monoisotopic (exact) mass is 386 g/mol. The Hall–Kier alpha value is -2.29. The van der Waals surface area contributed by atoms with Gasteiger partial charge in [0.2, 0.25) is 0 Å². The third kappa shape index (κ3) is 7.73. The molecule has 3 N–H and O–H groups in total. The van der Waals surface area contributed by atoms with Crippen LogP contribution in [-0.2, 0) is 13.0 Å². The maximum Gasteiger partial charge on any atom is 0.573 e. The third-order valence-electron chi connectivity index (χ3n) is 3.38. The Morgan fingerprint density at radius 2 is 2.00 bits per heavy atom. The van der Waals surface area contributed by atoms with Crippen molar-refractivity contribution in [2.75, 3.05) is 6.54 Å². The average molecular weight is 386 g/mol. The molecule has 0 saturated heterocycles. The molecule has 1 aromatic carbocycles. The smallest absolute Gasteiger partial charge is 0.406 e. The first-order valence-electron chi connectivity index (χ1n) is 8.11. The molecule has 0 amide bonds. The van der Waals surface area contributed by atoms with E-state index in [1.54, 1.807) is 11.3 Å². The number of nitrogens with zero attached hydrogens (tertiary/aromatic N) is 2. The number of benzene rings is 1. The fourth-order valence-corrected chi connectivity index (χ4v) is 2.98. The van der Waals surface area contributed by atoms with Gasteiger partial charge in [-0.15, -0.1) is 24.5 Å². The van der Waals surface area contributed by atoms with Crippen molar-refractivity contribution in [3.05, 3.63) is 45.9 Å². The highest BCUT2D eigenvalue weighted by atomic mass is 32.1. The van der Waals surface area contributed by atoms with E-state index in [0.717, 1.165) is 35.5 Å². The summed E-state index contributed by atoms with van der Waals surface area (Å²) in [4.78, 5) is 8.58. The Morgan fingerprint density at radius 3 is 2.62 bits per heavy atom. The molecule has 0 aliphatic carbocycles. The van der Waals surface area contributed by atoms with Gasteiger partial charge in [-0.05, 0) is 43.9 Å². The summed E-state index contributed by atoms with van der Waals surface area (Å²) in [5.74, 6) is 0.0532. The number of unbranched alkanes of at least 4 members (excludes halogenated alkanes) is 1. The van der Waals surface area contributed by atoms with E-state index < -0.39 is 6.36 Å². The Labute approximate surface area is 154 Å². The number of alkyl halides is 3. The van der Waals surface area contributed by atoms with Gasteiger partial charge in [0.05, 0.1) is 11.6 Å². The maximum absolute atomic E-state index is 12.1. The van der Waals surface area contributed by atoms with Crippen molar-refractivity contribution in [3.8, 4) is 5.75 Å². The number of guanidine groups is 1. The van der Waals surface area contributed by atoms with Crippen LogP contribution in [0.4, 0.5) is 13.2 Å². The summed E-state index contributed by atoms with van der Waals surface area (Å²) in [6.07, 6.45) is -1.79. The molecular formula is C17H21F3N4OS. The van der Waals surface area contributed by atoms with E-state index in [-0.39, 0.29) is 12.3 Å². The van der Waals surface area contributed by atoms with Gasteiger partial charge in [-0.3, -0.25) is 0 Å². The molecule has 0 fully saturated rings. The standard InChI is InChI=1S/C17H21F3N4OS/c1-12-11-26-15(24-12)4-2-3-9-22-16(21)23-10-13-5-7-14(8-6-13)25-17(18,19)20/h5-8,11H,2-4,9-10H2,1H3,(H3,21,22,23). The molecule has 5 nitrogen and oxygen atoms in total. The van der Waals surface area contributed by atoms with Crippen LogP contribution in [0.3, 0.4) is 0 Å². The molecule has 26 heavy (non-hydrogen) atoms. The minimum atomic E-state index is -4.69. The molecule has 142 valence electrons. The van der Waals surface area contributed by atoms with Gasteiger partial charge in [-0.2, -0.15) is 0 Å². The SMILES string of the molecule is Cc1csc(CCCCNC(N)=NCc2ccc(OC(F)(F)F)cc2)n1. The van der Waals surface area contributed by atoms with Gasteiger partial charge in [0.25, 0.3) is 0 Å². The summed E-state index contributed by atoms with van der Waals surface area (Å²) in [5, 5.41) is 6.21. The highest BCUT2D eigenvalue weighted by molar-refractivity contribution is 7.09. The van der Waals surface area contributed by atoms with E-state index in [4.69, 9.17) is 5.73 Å². The number of aliphatic imine (C=N–C) groups is 1. The minimum absolute atomic E-state index is 0.258. The lowest BCUT2D eigenvalue weighted by Crippen LogP contribution is -2.32. The zero-order valence-corrected chi connectivity index (χ0v) is 15.2. The van der Waals surface area contributed by atoms with E-state index in [9.17, 15) is 13.2 Å². The summed E-state index contributed by atoms with van der Waals surface area (Å²) in [6, 6.07) is 5.55. The van der Waals surface area contributed by atoms with Crippen molar-refractivity contribution in [2.24, 2.45) is 10.7 Å². The zero-order valence-electron chi connectivity index (χ0n) is 14.3. The molecule has 1 heterocycles. The summed E-state index contributed by atoms with van der Waals surface area (Å²) in [7, 11) is 0. The normalized spacial score (nSPS) is 12.2. The summed E-state index contributed by atoms with van der Waals surface area (Å²) >= 11 is 1.67. The zero-order chi connectivity index (χ0) is 19.0. The summed E-state index contributed by atoms with van der Waals surface area (Å²) < 4.78 is 40.1. The number of nitrogens with one attached hydrogen (secondary N) is 1. The highest BCUT2D eigenvalue weighted by Gasteiger charge is 2.30. The highest BCUT2D eigenvalue weighted by Crippen LogP contribution is 2.22. The van der Waals surface area contributed by atoms with Gasteiger partial charge >= 0.3 is 6.36 Å². The Balaban J connectivity index is 1.66. The fraction of sp³-hybridized carbons (Fsp3) is 0.412. The summed E-state index contributed by atoms with van der Waals surface area (Å²) in [5.41, 5.74) is 7.58. The maximum atomic E-state index is 12.1. The topological polar surface area (TPSA) is 72.5 Å². The van der Waals surface area contributed by atoms with Crippen LogP contribution in [0.1, 0.15) is 29.1 Å². The van der Waals surface area contributed by atoms with Crippen molar-refractivity contribution in [1.82, 2.24) is 10.3 Å². The predicted octanol–water partition coefficient (Wildman–Crippen LogP) is 3.78. The van der Waals surface area contributed by atoms with E-state index in [2.05, 4.69) is 20.0 Å². The van der Waals surface area contributed by atoms with Crippen molar-refractivity contribution >= 4 is 17.3 Å². The first-order chi connectivity index (χ1) is 12.3. The minimum Gasteiger partial charge on any atom is -0.406 e. The molecule has 9 heteroatoms. The van der Waals surface area contributed by atoms with E-state index in [0.29, 0.717) is 12.5 Å². The molecule has 2 rings (SSSR count). The Morgan fingerprint density at radius 1 is 1.27 bits per heavy atom. The first kappa shape index (κ1) is 20.0. The predicted molar refractivity (Wildman–Crippen MR) is 96.2 cm³/mol. The van der Waals surface area contributed by atoms with Crippen LogP contribution in [0.5, 0.6) is 5.75 Å². The molecule has 0 aliphatic heterocycles. The lowest BCUT2D eigenvalue weighted by molar-refractivity contribution is -0.274. The molecule has 0 radical (unpaired) electrons. The van der Waals surface area contributed by atoms with Crippen molar-refractivity contribution in [1.29, 1.82) is 0 Å². The Kier molecular flexibility index (Phi) is 7.26. The number of hydrogen-bond donors (Lipinski definition) is 2. The molecule has 0 aliphatic rings. The molecule has 0 atom stereocenters. The van der Waals surface area contributed by atoms with Gasteiger partial charge in [0.1, 0.15) is 5.75 Å². The number of nitrogens with two attached hydrogens (primary N) is 1. The molecule has 1 aromatic heterocycles. The fourth-order valence-electron chi connectivity index (χ4n) is 2.16. The van der Waals surface area contributed by atoms with Crippen LogP contribution >= 0.6 is 11.3 Å². The molecule has 2 aromatic rings. The number of ether oxygens (including phenoxy) is 1. The largest absolute Gasteiger partial charge is 0.573 e. The quantitative estimate of drug-likeness (QED) is 0.411. The average Bonchev–Trinajstić information content (AvgIpc) is 2.98. The second kappa shape index (κ2) is 9.42. The van der Waals surface area contributed by atoms with Crippen LogP contribution < -0.4 is 15.8 Å². The van der Waals surface area contributed by atoms with E-state index >= 15 is 0 Å². The Bertz CT molecular complexity index is 714. The molecule has 0 saturated carbocycles. The third-order valence-corrected chi connectivity index (χ3v) is 4.41. The van der Waals surface area contributed by atoms with Gasteiger partial charge < -0.3 is 15.8 Å². The van der Waals surface area contributed by atoms with Crippen molar-refractivity contribution < 1.29 is 17.9 Å². The number of rotatable bonds is 8. The molecule has 0 spiro atoms. The lowest BCUT2D eigenvalue weighted by Gasteiger charge is -2.09. The van der Waals surface area contributed by atoms with Crippen LogP contribution in [0.2, 0.25) is 0 Å². The van der Waals surface area contributed by atoms with Gasteiger partial charge in [-0.1, -0.05) is 12.1 Å². The first-order valence-corrected chi connectivity index (χ1v) is 8.99. The summed E-state index contributed by atoms with van der Waals surface area (Å²) in [6.45, 7) is 2.97. The number of hydrogen-bond acceptors (Lipinski definition) is 4. The van der Waals surface area contributed by atoms with Gasteiger partial charge in [-0.25, -0.2) is 9.98 Å². The van der Waals surface area contributed by atoms with Gasteiger partial charge in [0, 0.05) is 17.6 Å². The molecular weight excluding hydrogens is 365 g/mol. The second-order valence-electron chi connectivity index (χ2n) is 5.66. The number of halogens is 3. The van der Waals surface area contributed by atoms with Crippen LogP contribution in [-0.4, -0.2) is 23.9 Å². The van der Waals surface area contributed by atoms with E-state index in [1.165, 1.54) is 24.3 Å². The number of thiazole rings is 1. The molecule has 0 bridgehead atoms. The number of aromatic nitrogens is 1. The molecule has 0 unspecified atom stereocenters.